The average Bonchev–Trinajstić information content (AvgIpc) is 2.89. The molecule has 0 saturated heterocycles. The lowest BCUT2D eigenvalue weighted by molar-refractivity contribution is -0.116. The summed E-state index contributed by atoms with van der Waals surface area (Å²) in [6.45, 7) is 7.06. The summed E-state index contributed by atoms with van der Waals surface area (Å²) in [5, 5.41) is 14.9. The van der Waals surface area contributed by atoms with E-state index >= 15 is 0 Å². The zero-order valence-corrected chi connectivity index (χ0v) is 22.8. The van der Waals surface area contributed by atoms with Gasteiger partial charge in [0.25, 0.3) is 5.88 Å². The van der Waals surface area contributed by atoms with Crippen molar-refractivity contribution >= 4 is 46.5 Å². The van der Waals surface area contributed by atoms with Crippen molar-refractivity contribution in [3.63, 3.8) is 0 Å². The van der Waals surface area contributed by atoms with Crippen molar-refractivity contribution in [2.45, 2.75) is 26.7 Å². The highest BCUT2D eigenvalue weighted by molar-refractivity contribution is 7.98. The number of halogens is 2. The summed E-state index contributed by atoms with van der Waals surface area (Å²) < 4.78 is 20.4. The highest BCUT2D eigenvalue weighted by Crippen LogP contribution is 2.32. The summed E-state index contributed by atoms with van der Waals surface area (Å²) in [5.41, 5.74) is 1.68. The lowest BCUT2D eigenvalue weighted by Gasteiger charge is -2.17. The second-order valence-electron chi connectivity index (χ2n) is 8.15. The first-order valence-corrected chi connectivity index (χ1v) is 13.9. The monoisotopic (exact) mass is 546 g/mol. The first-order valence-electron chi connectivity index (χ1n) is 12.1. The van der Waals surface area contributed by atoms with Gasteiger partial charge < -0.3 is 20.3 Å². The van der Waals surface area contributed by atoms with Crippen LogP contribution in [0, 0.1) is 5.82 Å². The third-order valence-electron chi connectivity index (χ3n) is 5.55. The first-order chi connectivity index (χ1) is 17.9. The molecule has 1 aromatic carbocycles. The number of carbonyl (C=O) groups excluding carboxylic acids is 1. The van der Waals surface area contributed by atoms with Crippen molar-refractivity contribution in [1.82, 2.24) is 20.1 Å². The SMILES string of the molecule is CCN(CC)CCC(=O)Nc1cc(Nc2cc(-c3cc(Cl)ccc3F)nnc2OCCCSC)ccn1. The maximum atomic E-state index is 14.5. The van der Waals surface area contributed by atoms with E-state index in [0.717, 1.165) is 25.3 Å². The van der Waals surface area contributed by atoms with E-state index in [1.807, 2.05) is 6.26 Å². The molecular weight excluding hydrogens is 515 g/mol. The van der Waals surface area contributed by atoms with E-state index in [1.165, 1.54) is 18.2 Å². The lowest BCUT2D eigenvalue weighted by Crippen LogP contribution is -2.27. The molecule has 0 bridgehead atoms. The largest absolute Gasteiger partial charge is 0.475 e. The molecule has 0 spiro atoms. The van der Waals surface area contributed by atoms with Gasteiger partial charge in [0.1, 0.15) is 17.3 Å². The van der Waals surface area contributed by atoms with E-state index in [1.54, 1.807) is 36.2 Å². The quantitative estimate of drug-likeness (QED) is 0.242. The summed E-state index contributed by atoms with van der Waals surface area (Å²) in [5.74, 6) is 1.08. The van der Waals surface area contributed by atoms with Gasteiger partial charge in [-0.1, -0.05) is 25.4 Å². The molecule has 0 radical (unpaired) electrons. The minimum absolute atomic E-state index is 0.112. The van der Waals surface area contributed by atoms with Crippen LogP contribution in [0.15, 0.2) is 42.6 Å². The number of hydrogen-bond donors (Lipinski definition) is 2. The van der Waals surface area contributed by atoms with Crippen LogP contribution in [0.2, 0.25) is 5.02 Å². The molecule has 8 nitrogen and oxygen atoms in total. The van der Waals surface area contributed by atoms with Crippen LogP contribution in [-0.4, -0.2) is 64.2 Å². The van der Waals surface area contributed by atoms with Gasteiger partial charge in [-0.25, -0.2) is 9.37 Å². The normalized spacial score (nSPS) is 11.0. The smallest absolute Gasteiger partial charge is 0.257 e. The summed E-state index contributed by atoms with van der Waals surface area (Å²) >= 11 is 7.81. The molecule has 3 aromatic rings. The molecule has 0 aliphatic carbocycles. The van der Waals surface area contributed by atoms with Crippen molar-refractivity contribution in [3.05, 3.63) is 53.4 Å². The number of hydrogen-bond acceptors (Lipinski definition) is 8. The molecule has 0 unspecified atom stereocenters. The highest BCUT2D eigenvalue weighted by atomic mass is 35.5. The lowest BCUT2D eigenvalue weighted by atomic mass is 10.1. The zero-order valence-electron chi connectivity index (χ0n) is 21.3. The number of benzene rings is 1. The molecular formula is C26H32ClFN6O2S. The first kappa shape index (κ1) is 28.6. The highest BCUT2D eigenvalue weighted by Gasteiger charge is 2.15. The van der Waals surface area contributed by atoms with Crippen molar-refractivity contribution < 1.29 is 13.9 Å². The molecule has 0 atom stereocenters. The Labute approximate surface area is 226 Å². The summed E-state index contributed by atoms with van der Waals surface area (Å²) in [7, 11) is 0. The molecule has 37 heavy (non-hydrogen) atoms. The minimum Gasteiger partial charge on any atom is -0.475 e. The summed E-state index contributed by atoms with van der Waals surface area (Å²) in [6, 6.07) is 9.40. The number of nitrogens with zero attached hydrogens (tertiary/aromatic N) is 4. The van der Waals surface area contributed by atoms with E-state index in [9.17, 15) is 9.18 Å². The number of thioether (sulfide) groups is 1. The van der Waals surface area contributed by atoms with Crippen LogP contribution in [0.4, 0.5) is 21.6 Å². The van der Waals surface area contributed by atoms with Crippen molar-refractivity contribution in [3.8, 4) is 17.1 Å². The Balaban J connectivity index is 1.81. The third kappa shape index (κ3) is 8.84. The van der Waals surface area contributed by atoms with E-state index in [2.05, 4.69) is 44.6 Å². The van der Waals surface area contributed by atoms with Crippen molar-refractivity contribution in [1.29, 1.82) is 0 Å². The van der Waals surface area contributed by atoms with E-state index in [4.69, 9.17) is 16.3 Å². The Bertz CT molecular complexity index is 1180. The van der Waals surface area contributed by atoms with Gasteiger partial charge in [-0.15, -0.1) is 10.2 Å². The van der Waals surface area contributed by atoms with Gasteiger partial charge in [0.15, 0.2) is 0 Å². The fraction of sp³-hybridized carbons (Fsp3) is 0.385. The van der Waals surface area contributed by atoms with Crippen LogP contribution in [0.3, 0.4) is 0 Å². The Morgan fingerprint density at radius 2 is 1.97 bits per heavy atom. The summed E-state index contributed by atoms with van der Waals surface area (Å²) in [4.78, 5) is 18.9. The molecule has 2 aromatic heterocycles. The molecule has 2 N–H and O–H groups in total. The molecule has 0 fully saturated rings. The Morgan fingerprint density at radius 3 is 2.73 bits per heavy atom. The molecule has 0 saturated carbocycles. The van der Waals surface area contributed by atoms with Gasteiger partial charge in [-0.3, -0.25) is 4.79 Å². The standard InChI is InChI=1S/C26H32ClFN6O2S/c1-4-34(5-2)12-10-25(35)31-24-16-19(9-11-29-24)30-23-17-22(20-15-18(27)7-8-21(20)28)32-33-26(23)36-13-6-14-37-3/h7-9,11,15-17H,4-6,10,12-14H2,1-3H3,(H2,29,30,31,32,35). The molecule has 3 rings (SSSR count). The van der Waals surface area contributed by atoms with Gasteiger partial charge in [0, 0.05) is 41.5 Å². The van der Waals surface area contributed by atoms with Gasteiger partial charge in [0.2, 0.25) is 5.91 Å². The van der Waals surface area contributed by atoms with E-state index in [0.29, 0.717) is 47.5 Å². The van der Waals surface area contributed by atoms with E-state index < -0.39 is 5.82 Å². The number of carbonyl (C=O) groups is 1. The van der Waals surface area contributed by atoms with Gasteiger partial charge >= 0.3 is 0 Å². The van der Waals surface area contributed by atoms with Gasteiger partial charge in [-0.05, 0) is 61.9 Å². The van der Waals surface area contributed by atoms with Gasteiger partial charge in [-0.2, -0.15) is 11.8 Å². The molecule has 0 aliphatic rings. The molecule has 198 valence electrons. The maximum absolute atomic E-state index is 14.5. The number of aromatic nitrogens is 3. The van der Waals surface area contributed by atoms with Crippen LogP contribution < -0.4 is 15.4 Å². The second-order valence-corrected chi connectivity index (χ2v) is 9.57. The second kappa shape index (κ2) is 14.7. The Kier molecular flexibility index (Phi) is 11.4. The maximum Gasteiger partial charge on any atom is 0.257 e. The van der Waals surface area contributed by atoms with Crippen molar-refractivity contribution in [2.24, 2.45) is 0 Å². The number of ether oxygens (including phenoxy) is 1. The minimum atomic E-state index is -0.461. The number of nitrogens with one attached hydrogen (secondary N) is 2. The number of amides is 1. The van der Waals surface area contributed by atoms with Crippen molar-refractivity contribution in [2.75, 3.05) is 48.9 Å². The number of pyridine rings is 1. The predicted octanol–water partition coefficient (Wildman–Crippen LogP) is 5.88. The average molecular weight is 547 g/mol. The van der Waals surface area contributed by atoms with Crippen LogP contribution in [0.25, 0.3) is 11.3 Å². The Hall–Kier alpha value is -2.95. The topological polar surface area (TPSA) is 92.3 Å². The number of anilines is 3. The number of rotatable bonds is 14. The third-order valence-corrected chi connectivity index (χ3v) is 6.48. The fourth-order valence-corrected chi connectivity index (χ4v) is 4.09. The van der Waals surface area contributed by atoms with Crippen LogP contribution in [-0.2, 0) is 4.79 Å². The van der Waals surface area contributed by atoms with Crippen LogP contribution >= 0.6 is 23.4 Å². The fourth-order valence-electron chi connectivity index (χ4n) is 3.51. The van der Waals surface area contributed by atoms with Crippen LogP contribution in [0.5, 0.6) is 5.88 Å². The predicted molar refractivity (Wildman–Crippen MR) is 149 cm³/mol. The Morgan fingerprint density at radius 1 is 1.16 bits per heavy atom. The molecule has 1 amide bonds. The molecule has 2 heterocycles. The zero-order chi connectivity index (χ0) is 26.6. The van der Waals surface area contributed by atoms with E-state index in [-0.39, 0.29) is 17.4 Å². The van der Waals surface area contributed by atoms with Crippen LogP contribution in [0.1, 0.15) is 26.7 Å². The molecule has 0 aliphatic heterocycles. The molecule has 11 heteroatoms. The van der Waals surface area contributed by atoms with Gasteiger partial charge in [0.05, 0.1) is 12.3 Å². The summed E-state index contributed by atoms with van der Waals surface area (Å²) in [6.07, 6.45) is 4.84.